The second-order valence-electron chi connectivity index (χ2n) is 6.32. The number of carbonyl (C=O) groups is 2. The number of amides is 1. The van der Waals surface area contributed by atoms with Gasteiger partial charge in [-0.15, -0.1) is 0 Å². The van der Waals surface area contributed by atoms with Crippen molar-refractivity contribution in [3.8, 4) is 11.8 Å². The third-order valence-corrected chi connectivity index (χ3v) is 3.98. The van der Waals surface area contributed by atoms with E-state index in [0.29, 0.717) is 17.9 Å². The molecule has 0 saturated carbocycles. The highest BCUT2D eigenvalue weighted by Gasteiger charge is 2.30. The first-order chi connectivity index (χ1) is 11.8. The minimum absolute atomic E-state index is 0.0718. The first kappa shape index (κ1) is 20.5. The summed E-state index contributed by atoms with van der Waals surface area (Å²) in [6, 6.07) is 8.64. The third kappa shape index (κ3) is 6.46. The zero-order chi connectivity index (χ0) is 18.9. The Morgan fingerprint density at radius 3 is 2.44 bits per heavy atom. The van der Waals surface area contributed by atoms with Gasteiger partial charge in [-0.3, -0.25) is 4.79 Å². The fraction of sp³-hybridized carbons (Fsp3) is 0.526. The molecular weight excluding hydrogens is 320 g/mol. The fourth-order valence-corrected chi connectivity index (χ4v) is 1.86. The molecule has 0 saturated heterocycles. The van der Waals surface area contributed by atoms with Gasteiger partial charge in [-0.1, -0.05) is 27.2 Å². The minimum atomic E-state index is -0.999. The lowest BCUT2D eigenvalue weighted by molar-refractivity contribution is -0.125. The SMILES string of the molecule is CCCCOc1ccc(C(=O)OCC(=O)N[C@](C)(C#N)C(C)C)cc1. The van der Waals surface area contributed by atoms with E-state index in [0.717, 1.165) is 12.8 Å². The summed E-state index contributed by atoms with van der Waals surface area (Å²) in [5.41, 5.74) is -0.663. The molecule has 0 unspecified atom stereocenters. The lowest BCUT2D eigenvalue weighted by Gasteiger charge is -2.27. The van der Waals surface area contributed by atoms with Crippen molar-refractivity contribution in [2.24, 2.45) is 5.92 Å². The third-order valence-electron chi connectivity index (χ3n) is 3.98. The zero-order valence-corrected chi connectivity index (χ0v) is 15.3. The monoisotopic (exact) mass is 346 g/mol. The number of nitrogens with zero attached hydrogens (tertiary/aromatic N) is 1. The Labute approximate surface area is 149 Å². The van der Waals surface area contributed by atoms with E-state index in [2.05, 4.69) is 18.3 Å². The number of nitriles is 1. The zero-order valence-electron chi connectivity index (χ0n) is 15.3. The normalized spacial score (nSPS) is 12.8. The average Bonchev–Trinajstić information content (AvgIpc) is 2.60. The van der Waals surface area contributed by atoms with Crippen molar-refractivity contribution in [2.75, 3.05) is 13.2 Å². The molecule has 1 N–H and O–H groups in total. The van der Waals surface area contributed by atoms with E-state index in [1.165, 1.54) is 0 Å². The van der Waals surface area contributed by atoms with Gasteiger partial charge in [0, 0.05) is 0 Å². The number of rotatable bonds is 9. The predicted molar refractivity (Wildman–Crippen MR) is 94.1 cm³/mol. The lowest BCUT2D eigenvalue weighted by Crippen LogP contribution is -2.50. The number of esters is 1. The molecule has 0 bridgehead atoms. The van der Waals surface area contributed by atoms with Crippen molar-refractivity contribution >= 4 is 11.9 Å². The maximum Gasteiger partial charge on any atom is 0.338 e. The fourth-order valence-electron chi connectivity index (χ4n) is 1.86. The maximum atomic E-state index is 12.0. The minimum Gasteiger partial charge on any atom is -0.494 e. The standard InChI is InChI=1S/C19H26N2O4/c1-5-6-11-24-16-9-7-15(8-10-16)18(23)25-12-17(22)21-19(4,13-20)14(2)3/h7-10,14H,5-6,11-12H2,1-4H3,(H,21,22)/t19-/m1/s1. The van der Waals surface area contributed by atoms with Gasteiger partial charge in [0.25, 0.3) is 5.91 Å². The largest absolute Gasteiger partial charge is 0.494 e. The second-order valence-corrected chi connectivity index (χ2v) is 6.32. The Balaban J connectivity index is 2.51. The molecule has 0 spiro atoms. The van der Waals surface area contributed by atoms with Crippen LogP contribution in [0.25, 0.3) is 0 Å². The van der Waals surface area contributed by atoms with Crippen LogP contribution in [0, 0.1) is 17.2 Å². The van der Waals surface area contributed by atoms with E-state index in [9.17, 15) is 14.9 Å². The highest BCUT2D eigenvalue weighted by atomic mass is 16.5. The lowest BCUT2D eigenvalue weighted by atomic mass is 9.90. The average molecular weight is 346 g/mol. The van der Waals surface area contributed by atoms with Crippen LogP contribution in [0.4, 0.5) is 0 Å². The van der Waals surface area contributed by atoms with Gasteiger partial charge in [-0.05, 0) is 43.5 Å². The molecule has 1 atom stereocenters. The van der Waals surface area contributed by atoms with Gasteiger partial charge in [0.1, 0.15) is 11.3 Å². The molecule has 0 radical (unpaired) electrons. The van der Waals surface area contributed by atoms with Gasteiger partial charge >= 0.3 is 5.97 Å². The van der Waals surface area contributed by atoms with E-state index in [1.807, 2.05) is 13.8 Å². The summed E-state index contributed by atoms with van der Waals surface area (Å²) in [7, 11) is 0. The molecule has 0 fully saturated rings. The number of benzene rings is 1. The molecule has 6 heteroatoms. The van der Waals surface area contributed by atoms with Crippen LogP contribution in [0.5, 0.6) is 5.75 Å². The summed E-state index contributed by atoms with van der Waals surface area (Å²) >= 11 is 0. The van der Waals surface area contributed by atoms with Gasteiger partial charge in [0.2, 0.25) is 0 Å². The summed E-state index contributed by atoms with van der Waals surface area (Å²) in [5.74, 6) is -0.494. The van der Waals surface area contributed by atoms with Crippen LogP contribution in [0.15, 0.2) is 24.3 Å². The first-order valence-electron chi connectivity index (χ1n) is 8.44. The summed E-state index contributed by atoms with van der Waals surface area (Å²) in [6.45, 7) is 7.58. The van der Waals surface area contributed by atoms with Crippen molar-refractivity contribution in [3.05, 3.63) is 29.8 Å². The summed E-state index contributed by atoms with van der Waals surface area (Å²) in [6.07, 6.45) is 2.02. The molecule has 136 valence electrons. The molecule has 0 aromatic heterocycles. The summed E-state index contributed by atoms with van der Waals surface area (Å²) in [4.78, 5) is 23.9. The van der Waals surface area contributed by atoms with E-state index >= 15 is 0 Å². The highest BCUT2D eigenvalue weighted by molar-refractivity contribution is 5.91. The Bertz CT molecular complexity index is 619. The Hall–Kier alpha value is -2.55. The summed E-state index contributed by atoms with van der Waals surface area (Å²) in [5, 5.41) is 11.8. The van der Waals surface area contributed by atoms with Crippen LogP contribution in [-0.2, 0) is 9.53 Å². The van der Waals surface area contributed by atoms with E-state index in [1.54, 1.807) is 31.2 Å². The van der Waals surface area contributed by atoms with Crippen LogP contribution < -0.4 is 10.1 Å². The molecule has 0 heterocycles. The van der Waals surface area contributed by atoms with Crippen LogP contribution >= 0.6 is 0 Å². The molecule has 25 heavy (non-hydrogen) atoms. The van der Waals surface area contributed by atoms with Crippen LogP contribution in [0.1, 0.15) is 50.9 Å². The van der Waals surface area contributed by atoms with E-state index in [-0.39, 0.29) is 5.92 Å². The van der Waals surface area contributed by atoms with Gasteiger partial charge in [0.15, 0.2) is 6.61 Å². The molecule has 0 aliphatic heterocycles. The molecular formula is C19H26N2O4. The molecule has 1 amide bonds. The predicted octanol–water partition coefficient (Wildman–Crippen LogP) is 3.08. The van der Waals surface area contributed by atoms with Crippen molar-refractivity contribution in [1.82, 2.24) is 5.32 Å². The quantitative estimate of drug-likeness (QED) is 0.548. The number of hydrogen-bond acceptors (Lipinski definition) is 5. The van der Waals surface area contributed by atoms with Gasteiger partial charge in [-0.25, -0.2) is 4.79 Å². The van der Waals surface area contributed by atoms with Crippen molar-refractivity contribution in [2.45, 2.75) is 46.1 Å². The number of carbonyl (C=O) groups excluding carboxylic acids is 2. The molecule has 1 aromatic carbocycles. The van der Waals surface area contributed by atoms with E-state index in [4.69, 9.17) is 9.47 Å². The smallest absolute Gasteiger partial charge is 0.338 e. The van der Waals surface area contributed by atoms with E-state index < -0.39 is 24.0 Å². The molecule has 6 nitrogen and oxygen atoms in total. The van der Waals surface area contributed by atoms with Gasteiger partial charge in [-0.2, -0.15) is 5.26 Å². The van der Waals surface area contributed by atoms with Gasteiger partial charge in [0.05, 0.1) is 18.2 Å². The maximum absolute atomic E-state index is 12.0. The number of nitrogens with one attached hydrogen (secondary N) is 1. The Kier molecular flexibility index (Phi) is 7.93. The van der Waals surface area contributed by atoms with Gasteiger partial charge < -0.3 is 14.8 Å². The van der Waals surface area contributed by atoms with Crippen LogP contribution in [0.3, 0.4) is 0 Å². The number of unbranched alkanes of at least 4 members (excludes halogenated alkanes) is 1. The molecule has 0 aliphatic rings. The Morgan fingerprint density at radius 2 is 1.92 bits per heavy atom. The van der Waals surface area contributed by atoms with Crippen molar-refractivity contribution in [1.29, 1.82) is 5.26 Å². The molecule has 1 aromatic rings. The van der Waals surface area contributed by atoms with Crippen molar-refractivity contribution < 1.29 is 19.1 Å². The highest BCUT2D eigenvalue weighted by Crippen LogP contribution is 2.15. The van der Waals surface area contributed by atoms with Crippen molar-refractivity contribution in [3.63, 3.8) is 0 Å². The van der Waals surface area contributed by atoms with Crippen LogP contribution in [-0.4, -0.2) is 30.6 Å². The number of hydrogen-bond donors (Lipinski definition) is 1. The number of ether oxygens (including phenoxy) is 2. The summed E-state index contributed by atoms with van der Waals surface area (Å²) < 4.78 is 10.5. The topological polar surface area (TPSA) is 88.4 Å². The Morgan fingerprint density at radius 1 is 1.28 bits per heavy atom. The first-order valence-corrected chi connectivity index (χ1v) is 8.44. The second kappa shape index (κ2) is 9.67. The van der Waals surface area contributed by atoms with Crippen LogP contribution in [0.2, 0.25) is 0 Å². The molecule has 0 aliphatic carbocycles. The molecule has 1 rings (SSSR count).